The second kappa shape index (κ2) is 8.40. The number of hydrogen-bond acceptors (Lipinski definition) is 7. The molecule has 0 spiro atoms. The van der Waals surface area contributed by atoms with Gasteiger partial charge < -0.3 is 20.4 Å². The van der Waals surface area contributed by atoms with E-state index < -0.39 is 15.3 Å². The molecule has 2 heterocycles. The third-order valence-electron chi connectivity index (χ3n) is 5.01. The zero-order valence-corrected chi connectivity index (χ0v) is 17.7. The molecule has 0 unspecified atom stereocenters. The van der Waals surface area contributed by atoms with Crippen molar-refractivity contribution in [3.8, 4) is 0 Å². The van der Waals surface area contributed by atoms with E-state index in [0.717, 1.165) is 0 Å². The van der Waals surface area contributed by atoms with Crippen LogP contribution in [0.25, 0.3) is 11.0 Å². The molecule has 9 nitrogen and oxygen atoms in total. The van der Waals surface area contributed by atoms with Gasteiger partial charge >= 0.3 is 6.09 Å². The molecule has 0 saturated carbocycles. The van der Waals surface area contributed by atoms with E-state index in [4.69, 9.17) is 10.1 Å². The molecule has 0 atom stereocenters. The number of nitrogens with one attached hydrogen (secondary N) is 2. The fourth-order valence-electron chi connectivity index (χ4n) is 3.32. The Kier molecular flexibility index (Phi) is 6.11. The summed E-state index contributed by atoms with van der Waals surface area (Å²) in [6.07, 6.45) is 2.18. The van der Waals surface area contributed by atoms with E-state index in [1.807, 2.05) is 0 Å². The SMILES string of the molecule is CCOC(=O)N1CCC(Nc2nc3ccc(C=N)cc3n2S(=O)(=O)C(C)C)CC1. The van der Waals surface area contributed by atoms with Crippen LogP contribution in [0.3, 0.4) is 0 Å². The average Bonchev–Trinajstić information content (AvgIpc) is 3.06. The van der Waals surface area contributed by atoms with Crippen LogP contribution >= 0.6 is 0 Å². The van der Waals surface area contributed by atoms with Gasteiger partial charge in [-0.3, -0.25) is 0 Å². The smallest absolute Gasteiger partial charge is 0.409 e. The number of benzene rings is 1. The predicted octanol–water partition coefficient (Wildman–Crippen LogP) is 2.65. The number of hydrogen-bond donors (Lipinski definition) is 2. The van der Waals surface area contributed by atoms with E-state index in [1.165, 1.54) is 10.2 Å². The summed E-state index contributed by atoms with van der Waals surface area (Å²) in [5.74, 6) is 0.269. The third-order valence-corrected chi connectivity index (χ3v) is 7.08. The van der Waals surface area contributed by atoms with Gasteiger partial charge in [-0.15, -0.1) is 0 Å². The topological polar surface area (TPSA) is 117 Å². The van der Waals surface area contributed by atoms with Gasteiger partial charge in [-0.2, -0.15) is 0 Å². The summed E-state index contributed by atoms with van der Waals surface area (Å²) in [5, 5.41) is 10.1. The summed E-state index contributed by atoms with van der Waals surface area (Å²) in [5.41, 5.74) is 1.60. The lowest BCUT2D eigenvalue weighted by Crippen LogP contribution is -2.43. The Labute approximate surface area is 170 Å². The molecule has 1 aliphatic heterocycles. The molecule has 0 radical (unpaired) electrons. The van der Waals surface area contributed by atoms with E-state index in [1.54, 1.807) is 43.9 Å². The number of aromatic nitrogens is 2. The van der Waals surface area contributed by atoms with Crippen LogP contribution in [-0.2, 0) is 14.8 Å². The largest absolute Gasteiger partial charge is 0.450 e. The van der Waals surface area contributed by atoms with Crippen molar-refractivity contribution in [1.29, 1.82) is 5.41 Å². The standard InChI is InChI=1S/C19H27N5O4S/c1-4-28-19(25)23-9-7-15(8-10-23)21-18-22-16-6-5-14(12-20)11-17(16)24(18)29(26,27)13(2)3/h5-6,11-13,15,20H,4,7-10H2,1-3H3,(H,21,22). The average molecular weight is 422 g/mol. The molecule has 3 rings (SSSR count). The Morgan fingerprint density at radius 2 is 2.07 bits per heavy atom. The summed E-state index contributed by atoms with van der Waals surface area (Å²) in [6, 6.07) is 5.09. The molecule has 29 heavy (non-hydrogen) atoms. The van der Waals surface area contributed by atoms with E-state index in [2.05, 4.69) is 10.3 Å². The fraction of sp³-hybridized carbons (Fsp3) is 0.526. The molecule has 2 N–H and O–H groups in total. The summed E-state index contributed by atoms with van der Waals surface area (Å²) in [7, 11) is -3.67. The Hall–Kier alpha value is -2.62. The van der Waals surface area contributed by atoms with Gasteiger partial charge in [0.05, 0.1) is 22.9 Å². The minimum Gasteiger partial charge on any atom is -0.450 e. The molecule has 158 valence electrons. The van der Waals surface area contributed by atoms with Crippen molar-refractivity contribution in [3.05, 3.63) is 23.8 Å². The van der Waals surface area contributed by atoms with E-state index >= 15 is 0 Å². The normalized spacial score (nSPS) is 15.7. The van der Waals surface area contributed by atoms with Gasteiger partial charge in [0.25, 0.3) is 0 Å². The van der Waals surface area contributed by atoms with Crippen LogP contribution in [0.1, 0.15) is 39.2 Å². The van der Waals surface area contributed by atoms with Gasteiger partial charge in [-0.1, -0.05) is 6.07 Å². The minimum absolute atomic E-state index is 0.0131. The number of ether oxygens (including phenoxy) is 1. The zero-order valence-electron chi connectivity index (χ0n) is 16.9. The summed E-state index contributed by atoms with van der Waals surface area (Å²) >= 11 is 0. The van der Waals surface area contributed by atoms with E-state index in [-0.39, 0.29) is 18.1 Å². The van der Waals surface area contributed by atoms with Crippen LogP contribution in [0, 0.1) is 5.41 Å². The van der Waals surface area contributed by atoms with Crippen LogP contribution in [0.5, 0.6) is 0 Å². The van der Waals surface area contributed by atoms with Crippen LogP contribution in [0.2, 0.25) is 0 Å². The predicted molar refractivity (Wildman–Crippen MR) is 112 cm³/mol. The first kappa shape index (κ1) is 21.1. The van der Waals surface area contributed by atoms with Gasteiger partial charge in [-0.05, 0) is 51.3 Å². The second-order valence-electron chi connectivity index (χ2n) is 7.29. The number of likely N-dealkylation sites (tertiary alicyclic amines) is 1. The van der Waals surface area contributed by atoms with Crippen molar-refractivity contribution >= 4 is 39.3 Å². The van der Waals surface area contributed by atoms with Crippen LogP contribution in [0.15, 0.2) is 18.2 Å². The Morgan fingerprint density at radius 1 is 1.38 bits per heavy atom. The molecular formula is C19H27N5O4S. The van der Waals surface area contributed by atoms with Gasteiger partial charge in [-0.25, -0.2) is 22.2 Å². The maximum atomic E-state index is 13.0. The number of imidazole rings is 1. The molecule has 1 aromatic carbocycles. The van der Waals surface area contributed by atoms with E-state index in [9.17, 15) is 13.2 Å². The minimum atomic E-state index is -3.67. The second-order valence-corrected chi connectivity index (χ2v) is 9.63. The molecular weight excluding hydrogens is 394 g/mol. The van der Waals surface area contributed by atoms with Crippen LogP contribution < -0.4 is 5.32 Å². The fourth-order valence-corrected chi connectivity index (χ4v) is 4.50. The first-order valence-corrected chi connectivity index (χ1v) is 11.2. The number of carbonyl (C=O) groups excluding carboxylic acids is 1. The number of anilines is 1. The quantitative estimate of drug-likeness (QED) is 0.693. The van der Waals surface area contributed by atoms with Crippen LogP contribution in [-0.4, -0.2) is 65.6 Å². The zero-order chi connectivity index (χ0) is 21.2. The van der Waals surface area contributed by atoms with Crippen molar-refractivity contribution in [2.45, 2.75) is 44.9 Å². The third kappa shape index (κ3) is 4.21. The molecule has 0 aliphatic carbocycles. The summed E-state index contributed by atoms with van der Waals surface area (Å²) < 4.78 is 32.4. The van der Waals surface area contributed by atoms with Gasteiger partial charge in [0, 0.05) is 25.3 Å². The van der Waals surface area contributed by atoms with Gasteiger partial charge in [0.15, 0.2) is 0 Å². The molecule has 1 amide bonds. The lowest BCUT2D eigenvalue weighted by molar-refractivity contribution is 0.0983. The number of fused-ring (bicyclic) bond motifs is 1. The highest BCUT2D eigenvalue weighted by Crippen LogP contribution is 2.27. The Morgan fingerprint density at radius 3 is 2.66 bits per heavy atom. The van der Waals surface area contributed by atoms with Crippen molar-refractivity contribution in [2.75, 3.05) is 25.0 Å². The highest BCUT2D eigenvalue weighted by molar-refractivity contribution is 7.90. The first-order chi connectivity index (χ1) is 13.8. The van der Waals surface area contributed by atoms with E-state index in [0.29, 0.717) is 49.1 Å². The number of nitrogens with zero attached hydrogens (tertiary/aromatic N) is 3. The lowest BCUT2D eigenvalue weighted by Gasteiger charge is -2.31. The molecule has 1 aromatic heterocycles. The Balaban J connectivity index is 1.90. The number of carbonyl (C=O) groups is 1. The van der Waals surface area contributed by atoms with Crippen molar-refractivity contribution in [1.82, 2.24) is 13.9 Å². The maximum absolute atomic E-state index is 13.0. The van der Waals surface area contributed by atoms with Crippen molar-refractivity contribution in [3.63, 3.8) is 0 Å². The lowest BCUT2D eigenvalue weighted by atomic mass is 10.1. The molecule has 1 aliphatic rings. The van der Waals surface area contributed by atoms with Crippen molar-refractivity contribution in [2.24, 2.45) is 0 Å². The molecule has 2 aromatic rings. The highest BCUT2D eigenvalue weighted by Gasteiger charge is 2.29. The van der Waals surface area contributed by atoms with Gasteiger partial charge in [0.2, 0.25) is 16.0 Å². The number of rotatable bonds is 6. The molecule has 10 heteroatoms. The molecule has 1 saturated heterocycles. The first-order valence-electron chi connectivity index (χ1n) is 9.73. The highest BCUT2D eigenvalue weighted by atomic mass is 32.2. The molecule has 0 bridgehead atoms. The summed E-state index contributed by atoms with van der Waals surface area (Å²) in [6.45, 7) is 6.44. The molecule has 1 fully saturated rings. The maximum Gasteiger partial charge on any atom is 0.409 e. The summed E-state index contributed by atoms with van der Waals surface area (Å²) in [4.78, 5) is 18.0. The number of piperidine rings is 1. The van der Waals surface area contributed by atoms with Crippen molar-refractivity contribution < 1.29 is 17.9 Å². The van der Waals surface area contributed by atoms with Gasteiger partial charge in [0.1, 0.15) is 0 Å². The number of amides is 1. The Bertz CT molecular complexity index is 1010. The van der Waals surface area contributed by atoms with Crippen LogP contribution in [0.4, 0.5) is 10.7 Å². The monoisotopic (exact) mass is 421 g/mol.